The number of aryl methyl sites for hydroxylation is 1. The molecular weight excluding hydrogens is 456 g/mol. The first kappa shape index (κ1) is 23.9. The molecule has 0 bridgehead atoms. The van der Waals surface area contributed by atoms with Gasteiger partial charge in [-0.1, -0.05) is 37.1 Å². The Morgan fingerprint density at radius 1 is 1.03 bits per heavy atom. The number of imide groups is 1. The number of carbonyl (C=O) groups is 3. The Labute approximate surface area is 199 Å². The molecule has 2 heterocycles. The van der Waals surface area contributed by atoms with Gasteiger partial charge in [-0.3, -0.25) is 14.5 Å². The van der Waals surface area contributed by atoms with Gasteiger partial charge >= 0.3 is 6.03 Å². The fraction of sp³-hybridized carbons (Fsp3) is 0.375. The maximum atomic E-state index is 13.3. The highest BCUT2D eigenvalue weighted by atomic mass is 32.2. The lowest BCUT2D eigenvalue weighted by Crippen LogP contribution is -2.32. The van der Waals surface area contributed by atoms with Crippen LogP contribution >= 0.6 is 0 Å². The van der Waals surface area contributed by atoms with Gasteiger partial charge in [0, 0.05) is 24.3 Å². The summed E-state index contributed by atoms with van der Waals surface area (Å²) in [6.07, 6.45) is 3.71. The Bertz CT molecular complexity index is 1200. The largest absolute Gasteiger partial charge is 0.329 e. The van der Waals surface area contributed by atoms with Crippen molar-refractivity contribution < 1.29 is 22.8 Å². The molecule has 2 aromatic carbocycles. The third kappa shape index (κ3) is 4.97. The molecule has 0 unspecified atom stereocenters. The van der Waals surface area contributed by atoms with E-state index in [1.807, 2.05) is 0 Å². The van der Waals surface area contributed by atoms with Crippen molar-refractivity contribution in [2.24, 2.45) is 0 Å². The molecule has 4 amide bonds. The second-order valence-electron chi connectivity index (χ2n) is 8.55. The second-order valence-corrected chi connectivity index (χ2v) is 10.5. The van der Waals surface area contributed by atoms with Gasteiger partial charge in [-0.05, 0) is 49.1 Å². The summed E-state index contributed by atoms with van der Waals surface area (Å²) in [6, 6.07) is 11.0. The molecular formula is C24H28N4O5S. The van der Waals surface area contributed by atoms with Crippen molar-refractivity contribution in [1.29, 1.82) is 0 Å². The van der Waals surface area contributed by atoms with Gasteiger partial charge < -0.3 is 10.6 Å². The molecule has 2 saturated heterocycles. The van der Waals surface area contributed by atoms with Crippen LogP contribution in [0.3, 0.4) is 0 Å². The first-order valence-corrected chi connectivity index (χ1v) is 12.8. The number of urea groups is 1. The summed E-state index contributed by atoms with van der Waals surface area (Å²) in [5, 5.41) is 5.24. The average Bonchev–Trinajstić information content (AvgIpc) is 3.01. The minimum Gasteiger partial charge on any atom is -0.329 e. The third-order valence-corrected chi connectivity index (χ3v) is 8.20. The fourth-order valence-corrected chi connectivity index (χ4v) is 6.01. The predicted octanol–water partition coefficient (Wildman–Crippen LogP) is 2.86. The van der Waals surface area contributed by atoms with Crippen LogP contribution in [0.25, 0.3) is 0 Å². The van der Waals surface area contributed by atoms with Gasteiger partial charge in [-0.2, -0.15) is 4.31 Å². The maximum absolute atomic E-state index is 13.3. The number of hydrogen-bond acceptors (Lipinski definition) is 5. The number of rotatable bonds is 6. The van der Waals surface area contributed by atoms with E-state index in [0.29, 0.717) is 35.5 Å². The Hall–Kier alpha value is -3.24. The number of hydrogen-bond donors (Lipinski definition) is 2. The van der Waals surface area contributed by atoms with Crippen LogP contribution in [0.5, 0.6) is 0 Å². The molecule has 2 N–H and O–H groups in total. The van der Waals surface area contributed by atoms with Gasteiger partial charge in [-0.25, -0.2) is 13.2 Å². The smallest absolute Gasteiger partial charge is 0.324 e. The molecule has 2 aliphatic rings. The van der Waals surface area contributed by atoms with E-state index in [1.54, 1.807) is 43.3 Å². The van der Waals surface area contributed by atoms with Crippen molar-refractivity contribution in [3.8, 4) is 0 Å². The zero-order valence-electron chi connectivity index (χ0n) is 19.0. The minimum atomic E-state index is -3.68. The van der Waals surface area contributed by atoms with E-state index in [9.17, 15) is 22.8 Å². The van der Waals surface area contributed by atoms with Crippen molar-refractivity contribution in [3.63, 3.8) is 0 Å². The molecule has 9 nitrogen and oxygen atoms in total. The minimum absolute atomic E-state index is 0.0310. The van der Waals surface area contributed by atoms with Crippen LogP contribution in [-0.2, 0) is 21.4 Å². The maximum Gasteiger partial charge on any atom is 0.324 e. The number of amides is 4. The highest BCUT2D eigenvalue weighted by Gasteiger charge is 2.30. The van der Waals surface area contributed by atoms with Crippen molar-refractivity contribution in [2.75, 3.05) is 25.0 Å². The van der Waals surface area contributed by atoms with Crippen LogP contribution in [0.1, 0.15) is 47.2 Å². The number of nitrogens with one attached hydrogen (secondary N) is 2. The predicted molar refractivity (Wildman–Crippen MR) is 127 cm³/mol. The average molecular weight is 485 g/mol. The molecule has 4 rings (SSSR count). The van der Waals surface area contributed by atoms with E-state index in [4.69, 9.17) is 0 Å². The SMILES string of the molecule is Cc1ccc(NC(=O)c2ccccc2CN2C(=O)CNC2=O)cc1S(=O)(=O)N1CCCCCC1. The molecule has 180 valence electrons. The molecule has 10 heteroatoms. The molecule has 2 aromatic rings. The van der Waals surface area contributed by atoms with Gasteiger partial charge in [0.2, 0.25) is 15.9 Å². The number of anilines is 1. The summed E-state index contributed by atoms with van der Waals surface area (Å²) in [5.41, 5.74) is 1.78. The van der Waals surface area contributed by atoms with Crippen molar-refractivity contribution in [2.45, 2.75) is 44.0 Å². The van der Waals surface area contributed by atoms with E-state index >= 15 is 0 Å². The van der Waals surface area contributed by atoms with Crippen molar-refractivity contribution in [1.82, 2.24) is 14.5 Å². The number of nitrogens with zero attached hydrogens (tertiary/aromatic N) is 2. The molecule has 0 saturated carbocycles. The van der Waals surface area contributed by atoms with Crippen LogP contribution in [0, 0.1) is 6.92 Å². The van der Waals surface area contributed by atoms with E-state index in [1.165, 1.54) is 10.4 Å². The first-order chi connectivity index (χ1) is 16.3. The molecule has 2 fully saturated rings. The van der Waals surface area contributed by atoms with E-state index in [0.717, 1.165) is 30.6 Å². The Morgan fingerprint density at radius 2 is 1.74 bits per heavy atom. The normalized spacial score (nSPS) is 17.4. The Morgan fingerprint density at radius 3 is 2.41 bits per heavy atom. The van der Waals surface area contributed by atoms with Crippen LogP contribution in [0.2, 0.25) is 0 Å². The number of sulfonamides is 1. The highest BCUT2D eigenvalue weighted by molar-refractivity contribution is 7.89. The Kier molecular flexibility index (Phi) is 6.99. The van der Waals surface area contributed by atoms with Crippen LogP contribution < -0.4 is 10.6 Å². The van der Waals surface area contributed by atoms with Crippen molar-refractivity contribution in [3.05, 3.63) is 59.2 Å². The van der Waals surface area contributed by atoms with Crippen molar-refractivity contribution >= 4 is 33.6 Å². The van der Waals surface area contributed by atoms with Gasteiger partial charge in [0.1, 0.15) is 0 Å². The monoisotopic (exact) mass is 484 g/mol. The summed E-state index contributed by atoms with van der Waals surface area (Å²) < 4.78 is 28.2. The summed E-state index contributed by atoms with van der Waals surface area (Å²) in [7, 11) is -3.68. The third-order valence-electron chi connectivity index (χ3n) is 6.16. The standard InChI is InChI=1S/C24H28N4O5S/c1-17-10-11-19(14-21(17)34(32,33)27-12-6-2-3-7-13-27)26-23(30)20-9-5-4-8-18(20)16-28-22(29)15-25-24(28)31/h4-5,8-11,14H,2-3,6-7,12-13,15-16H2,1H3,(H,25,31)(H,26,30). The van der Waals surface area contributed by atoms with Gasteiger partial charge in [0.25, 0.3) is 5.91 Å². The first-order valence-electron chi connectivity index (χ1n) is 11.4. The Balaban J connectivity index is 1.57. The quantitative estimate of drug-likeness (QED) is 0.612. The van der Waals surface area contributed by atoms with E-state index in [2.05, 4.69) is 10.6 Å². The summed E-state index contributed by atoms with van der Waals surface area (Å²) in [6.45, 7) is 2.63. The van der Waals surface area contributed by atoms with E-state index in [-0.39, 0.29) is 23.9 Å². The lowest BCUT2D eigenvalue weighted by molar-refractivity contribution is -0.125. The highest BCUT2D eigenvalue weighted by Crippen LogP contribution is 2.26. The van der Waals surface area contributed by atoms with Crippen LogP contribution in [0.4, 0.5) is 10.5 Å². The van der Waals surface area contributed by atoms with Gasteiger partial charge in [0.05, 0.1) is 18.0 Å². The topological polar surface area (TPSA) is 116 Å². The molecule has 0 aliphatic carbocycles. The molecule has 34 heavy (non-hydrogen) atoms. The molecule has 2 aliphatic heterocycles. The number of carbonyl (C=O) groups excluding carboxylic acids is 3. The molecule has 0 aromatic heterocycles. The lowest BCUT2D eigenvalue weighted by Gasteiger charge is -2.21. The van der Waals surface area contributed by atoms with Gasteiger partial charge in [0.15, 0.2) is 0 Å². The fourth-order valence-electron chi connectivity index (χ4n) is 4.24. The molecule has 0 radical (unpaired) electrons. The molecule has 0 atom stereocenters. The second kappa shape index (κ2) is 9.94. The van der Waals surface area contributed by atoms with Crippen LogP contribution in [0.15, 0.2) is 47.4 Å². The summed E-state index contributed by atoms with van der Waals surface area (Å²) in [4.78, 5) is 38.2. The lowest BCUT2D eigenvalue weighted by atomic mass is 10.1. The van der Waals surface area contributed by atoms with E-state index < -0.39 is 22.0 Å². The number of benzene rings is 2. The molecule has 0 spiro atoms. The zero-order valence-corrected chi connectivity index (χ0v) is 19.9. The summed E-state index contributed by atoms with van der Waals surface area (Å²) in [5.74, 6) is -0.813. The van der Waals surface area contributed by atoms with Crippen LogP contribution in [-0.4, -0.2) is 55.1 Å². The zero-order chi connectivity index (χ0) is 24.3. The summed E-state index contributed by atoms with van der Waals surface area (Å²) >= 11 is 0. The van der Waals surface area contributed by atoms with Gasteiger partial charge in [-0.15, -0.1) is 0 Å².